The first kappa shape index (κ1) is 7.88. The number of nitrogens with one attached hydrogen (secondary N) is 1. The van der Waals surface area contributed by atoms with Gasteiger partial charge in [0.05, 0.1) is 18.0 Å². The van der Waals surface area contributed by atoms with Crippen LogP contribution in [0.2, 0.25) is 0 Å². The van der Waals surface area contributed by atoms with E-state index >= 15 is 0 Å². The summed E-state index contributed by atoms with van der Waals surface area (Å²) >= 11 is 0. The predicted molar refractivity (Wildman–Crippen MR) is 46.1 cm³/mol. The van der Waals surface area contributed by atoms with Gasteiger partial charge in [-0.1, -0.05) is 12.1 Å². The smallest absolute Gasteiger partial charge is 0.0833 e. The van der Waals surface area contributed by atoms with Crippen molar-refractivity contribution in [2.24, 2.45) is 0 Å². The van der Waals surface area contributed by atoms with Crippen LogP contribution in [-0.4, -0.2) is 6.61 Å². The molecule has 0 aliphatic heterocycles. The molecular formula is C8H12N2O. The molecule has 0 heterocycles. The van der Waals surface area contributed by atoms with Crippen LogP contribution < -0.4 is 11.2 Å². The van der Waals surface area contributed by atoms with Gasteiger partial charge in [-0.3, -0.25) is 10.3 Å². The lowest BCUT2D eigenvalue weighted by atomic mass is 10.3. The van der Waals surface area contributed by atoms with Crippen molar-refractivity contribution in [3.05, 3.63) is 24.3 Å². The standard InChI is InChI=1S/C8H12N2O/c1-2-11-10-8-6-4-3-5-7(8)9/h3-6,10H,2,9H2,1H3. The monoisotopic (exact) mass is 152 g/mol. The van der Waals surface area contributed by atoms with Gasteiger partial charge < -0.3 is 5.73 Å². The third-order valence-corrected chi connectivity index (χ3v) is 1.29. The van der Waals surface area contributed by atoms with Gasteiger partial charge in [-0.05, 0) is 19.1 Å². The highest BCUT2D eigenvalue weighted by Crippen LogP contribution is 2.15. The first-order valence-corrected chi connectivity index (χ1v) is 3.57. The Labute approximate surface area is 66.1 Å². The molecule has 0 radical (unpaired) electrons. The molecule has 0 aromatic heterocycles. The Hall–Kier alpha value is -1.22. The predicted octanol–water partition coefficient (Wildman–Crippen LogP) is 1.63. The molecule has 60 valence electrons. The first-order chi connectivity index (χ1) is 5.34. The minimum Gasteiger partial charge on any atom is -0.397 e. The van der Waals surface area contributed by atoms with E-state index < -0.39 is 0 Å². The highest BCUT2D eigenvalue weighted by Gasteiger charge is 1.93. The molecule has 0 unspecified atom stereocenters. The number of hydrogen-bond acceptors (Lipinski definition) is 3. The van der Waals surface area contributed by atoms with E-state index in [1.165, 1.54) is 0 Å². The van der Waals surface area contributed by atoms with E-state index in [1.54, 1.807) is 0 Å². The zero-order valence-electron chi connectivity index (χ0n) is 6.50. The Morgan fingerprint density at radius 1 is 1.45 bits per heavy atom. The number of nitrogens with two attached hydrogens (primary N) is 1. The van der Waals surface area contributed by atoms with Crippen molar-refractivity contribution in [2.75, 3.05) is 17.8 Å². The largest absolute Gasteiger partial charge is 0.397 e. The average molecular weight is 152 g/mol. The molecule has 1 rings (SSSR count). The van der Waals surface area contributed by atoms with Crippen molar-refractivity contribution in [1.29, 1.82) is 0 Å². The van der Waals surface area contributed by atoms with Crippen LogP contribution in [0.25, 0.3) is 0 Å². The normalized spacial score (nSPS) is 9.55. The van der Waals surface area contributed by atoms with Gasteiger partial charge >= 0.3 is 0 Å². The Morgan fingerprint density at radius 3 is 2.82 bits per heavy atom. The van der Waals surface area contributed by atoms with Crippen LogP contribution in [0.3, 0.4) is 0 Å². The van der Waals surface area contributed by atoms with Gasteiger partial charge in [0, 0.05) is 0 Å². The van der Waals surface area contributed by atoms with Crippen molar-refractivity contribution >= 4 is 11.4 Å². The third kappa shape index (κ3) is 2.13. The van der Waals surface area contributed by atoms with Crippen molar-refractivity contribution in [2.45, 2.75) is 6.92 Å². The molecule has 1 aromatic carbocycles. The van der Waals surface area contributed by atoms with E-state index in [1.807, 2.05) is 31.2 Å². The van der Waals surface area contributed by atoms with Gasteiger partial charge in [-0.25, -0.2) is 0 Å². The van der Waals surface area contributed by atoms with Gasteiger partial charge in [-0.2, -0.15) is 0 Å². The molecule has 0 amide bonds. The highest BCUT2D eigenvalue weighted by atomic mass is 16.6. The molecule has 0 atom stereocenters. The maximum atomic E-state index is 5.62. The molecular weight excluding hydrogens is 140 g/mol. The molecule has 0 aliphatic rings. The summed E-state index contributed by atoms with van der Waals surface area (Å²) in [5.74, 6) is 0. The van der Waals surface area contributed by atoms with Crippen LogP contribution >= 0.6 is 0 Å². The summed E-state index contributed by atoms with van der Waals surface area (Å²) < 4.78 is 0. The number of benzene rings is 1. The quantitative estimate of drug-likeness (QED) is 0.511. The maximum absolute atomic E-state index is 5.62. The topological polar surface area (TPSA) is 47.3 Å². The second kappa shape index (κ2) is 3.83. The summed E-state index contributed by atoms with van der Waals surface area (Å²) in [5.41, 5.74) is 9.87. The minimum absolute atomic E-state index is 0.619. The second-order valence-corrected chi connectivity index (χ2v) is 2.12. The van der Waals surface area contributed by atoms with Crippen LogP contribution in [0.1, 0.15) is 6.92 Å². The molecule has 0 aliphatic carbocycles. The van der Waals surface area contributed by atoms with Crippen LogP contribution in [0.4, 0.5) is 11.4 Å². The summed E-state index contributed by atoms with van der Waals surface area (Å²) in [6.45, 7) is 2.53. The number of para-hydroxylation sites is 2. The summed E-state index contributed by atoms with van der Waals surface area (Å²) in [6, 6.07) is 7.47. The van der Waals surface area contributed by atoms with Crippen LogP contribution in [0, 0.1) is 0 Å². The van der Waals surface area contributed by atoms with Gasteiger partial charge in [0.15, 0.2) is 0 Å². The van der Waals surface area contributed by atoms with E-state index in [-0.39, 0.29) is 0 Å². The van der Waals surface area contributed by atoms with Crippen molar-refractivity contribution < 1.29 is 4.84 Å². The molecule has 11 heavy (non-hydrogen) atoms. The second-order valence-electron chi connectivity index (χ2n) is 2.12. The number of hydrogen-bond donors (Lipinski definition) is 2. The van der Waals surface area contributed by atoms with Crippen molar-refractivity contribution in [1.82, 2.24) is 0 Å². The number of anilines is 2. The molecule has 3 heteroatoms. The lowest BCUT2D eigenvalue weighted by Crippen LogP contribution is -2.02. The highest BCUT2D eigenvalue weighted by molar-refractivity contribution is 5.64. The minimum atomic E-state index is 0.619. The fraction of sp³-hybridized carbons (Fsp3) is 0.250. The van der Waals surface area contributed by atoms with Gasteiger partial charge in [0.1, 0.15) is 0 Å². The van der Waals surface area contributed by atoms with E-state index in [4.69, 9.17) is 10.6 Å². The van der Waals surface area contributed by atoms with E-state index in [9.17, 15) is 0 Å². The zero-order valence-corrected chi connectivity index (χ0v) is 6.50. The van der Waals surface area contributed by atoms with Crippen LogP contribution in [-0.2, 0) is 4.84 Å². The Balaban J connectivity index is 2.62. The lowest BCUT2D eigenvalue weighted by Gasteiger charge is -2.06. The van der Waals surface area contributed by atoms with E-state index in [2.05, 4.69) is 5.48 Å². The molecule has 0 saturated heterocycles. The first-order valence-electron chi connectivity index (χ1n) is 3.57. The molecule has 1 aromatic rings. The number of nitrogen functional groups attached to an aromatic ring is 1. The molecule has 3 nitrogen and oxygen atoms in total. The molecule has 0 fully saturated rings. The summed E-state index contributed by atoms with van der Waals surface area (Å²) in [4.78, 5) is 4.97. The number of rotatable bonds is 3. The fourth-order valence-corrected chi connectivity index (χ4v) is 0.740. The van der Waals surface area contributed by atoms with Gasteiger partial charge in [-0.15, -0.1) is 0 Å². The average Bonchev–Trinajstić information content (AvgIpc) is 2.03. The van der Waals surface area contributed by atoms with Crippen molar-refractivity contribution in [3.8, 4) is 0 Å². The fourth-order valence-electron chi connectivity index (χ4n) is 0.740. The Bertz CT molecular complexity index is 225. The lowest BCUT2D eigenvalue weighted by molar-refractivity contribution is 0.211. The molecule has 3 N–H and O–H groups in total. The van der Waals surface area contributed by atoms with Crippen LogP contribution in [0.15, 0.2) is 24.3 Å². The molecule has 0 saturated carbocycles. The Morgan fingerprint density at radius 2 is 2.18 bits per heavy atom. The summed E-state index contributed by atoms with van der Waals surface area (Å²) in [6.07, 6.45) is 0. The van der Waals surface area contributed by atoms with E-state index in [0.717, 1.165) is 5.69 Å². The van der Waals surface area contributed by atoms with E-state index in [0.29, 0.717) is 12.3 Å². The van der Waals surface area contributed by atoms with Crippen molar-refractivity contribution in [3.63, 3.8) is 0 Å². The summed E-state index contributed by atoms with van der Waals surface area (Å²) in [5, 5.41) is 0. The molecule has 0 bridgehead atoms. The zero-order chi connectivity index (χ0) is 8.10. The van der Waals surface area contributed by atoms with Crippen LogP contribution in [0.5, 0.6) is 0 Å². The third-order valence-electron chi connectivity index (χ3n) is 1.29. The Kier molecular flexibility index (Phi) is 2.74. The molecule has 0 spiro atoms. The summed E-state index contributed by atoms with van der Waals surface area (Å²) in [7, 11) is 0. The van der Waals surface area contributed by atoms with Gasteiger partial charge in [0.25, 0.3) is 0 Å². The van der Waals surface area contributed by atoms with Gasteiger partial charge in [0.2, 0.25) is 0 Å². The maximum Gasteiger partial charge on any atom is 0.0833 e. The SMILES string of the molecule is CCONc1ccccc1N.